The zero-order valence-corrected chi connectivity index (χ0v) is 19.4. The number of oxazole rings is 1. The molecule has 2 fully saturated rings. The lowest BCUT2D eigenvalue weighted by molar-refractivity contribution is -0.158. The Morgan fingerprint density at radius 3 is 2.66 bits per heavy atom. The van der Waals surface area contributed by atoms with Crippen LogP contribution in [0.1, 0.15) is 32.1 Å². The summed E-state index contributed by atoms with van der Waals surface area (Å²) in [7, 11) is -0.723. The van der Waals surface area contributed by atoms with Crippen LogP contribution in [0.5, 0.6) is 0 Å². The van der Waals surface area contributed by atoms with Crippen molar-refractivity contribution in [1.29, 1.82) is 0 Å². The van der Waals surface area contributed by atoms with E-state index < -0.39 is 27.4 Å². The maximum absolute atomic E-state index is 13.0. The van der Waals surface area contributed by atoms with Crippen LogP contribution in [0.2, 0.25) is 0 Å². The van der Waals surface area contributed by atoms with Crippen LogP contribution in [0.15, 0.2) is 32.7 Å². The van der Waals surface area contributed by atoms with Crippen molar-refractivity contribution in [2.75, 3.05) is 26.4 Å². The summed E-state index contributed by atoms with van der Waals surface area (Å²) in [5.41, 5.74) is -0.214. The molecular weight excluding hydrogens is 456 g/mol. The van der Waals surface area contributed by atoms with Crippen molar-refractivity contribution in [3.8, 4) is 0 Å². The van der Waals surface area contributed by atoms with Crippen LogP contribution in [0.3, 0.4) is 0 Å². The molecule has 1 aromatic heterocycles. The van der Waals surface area contributed by atoms with E-state index >= 15 is 0 Å². The fourth-order valence-electron chi connectivity index (χ4n) is 4.18. The second-order valence-corrected chi connectivity index (χ2v) is 11.2. The van der Waals surface area contributed by atoms with Crippen molar-refractivity contribution in [3.63, 3.8) is 0 Å². The molecule has 2 aromatic rings. The SMILES string of the molecule is CN(C)S(=O)(=O)c1ccc2oc(SCC(=O)N3CC(=O)NC(=O)C34CCCCC4)nc2c1. The number of fused-ring (bicyclic) bond motifs is 1. The first-order chi connectivity index (χ1) is 15.1. The summed E-state index contributed by atoms with van der Waals surface area (Å²) in [6.45, 7) is -0.148. The number of carbonyl (C=O) groups is 3. The van der Waals surface area contributed by atoms with E-state index in [4.69, 9.17) is 4.42 Å². The summed E-state index contributed by atoms with van der Waals surface area (Å²) in [4.78, 5) is 43.4. The van der Waals surface area contributed by atoms with Crippen molar-refractivity contribution >= 4 is 50.6 Å². The standard InChI is InChI=1S/C20H24N4O6S2/c1-23(2)32(28,29)13-6-7-15-14(10-13)21-19(30-15)31-12-17(26)24-11-16(25)22-18(27)20(24)8-4-3-5-9-20/h6-7,10H,3-5,8-9,11-12H2,1-2H3,(H,22,25,27). The van der Waals surface area contributed by atoms with Gasteiger partial charge in [0.2, 0.25) is 21.8 Å². The minimum absolute atomic E-state index is 0.0576. The lowest BCUT2D eigenvalue weighted by Crippen LogP contribution is -2.69. The molecule has 1 aromatic carbocycles. The number of nitrogens with one attached hydrogen (secondary N) is 1. The number of sulfonamides is 1. The Morgan fingerprint density at radius 1 is 1.25 bits per heavy atom. The number of imide groups is 1. The lowest BCUT2D eigenvalue weighted by atomic mass is 9.78. The van der Waals surface area contributed by atoms with Crippen LogP contribution in [0.4, 0.5) is 0 Å². The van der Waals surface area contributed by atoms with Gasteiger partial charge in [0.05, 0.1) is 10.6 Å². The molecule has 2 aliphatic rings. The third kappa shape index (κ3) is 4.02. The molecule has 1 N–H and O–H groups in total. The number of nitrogens with zero attached hydrogens (tertiary/aromatic N) is 3. The Morgan fingerprint density at radius 2 is 1.97 bits per heavy atom. The minimum atomic E-state index is -3.61. The van der Waals surface area contributed by atoms with Crippen molar-refractivity contribution in [3.05, 3.63) is 18.2 Å². The number of carbonyl (C=O) groups excluding carboxylic acids is 3. The molecule has 1 saturated heterocycles. The quantitative estimate of drug-likeness (QED) is 0.502. The molecule has 3 amide bonds. The highest BCUT2D eigenvalue weighted by Crippen LogP contribution is 2.36. The number of rotatable bonds is 5. The number of thioether (sulfide) groups is 1. The van der Waals surface area contributed by atoms with Gasteiger partial charge >= 0.3 is 0 Å². The third-order valence-corrected chi connectivity index (χ3v) is 8.54. The van der Waals surface area contributed by atoms with Crippen LogP contribution in [-0.2, 0) is 24.4 Å². The Kier molecular flexibility index (Phi) is 6.03. The molecule has 0 bridgehead atoms. The molecule has 1 aliphatic heterocycles. The first-order valence-corrected chi connectivity index (χ1v) is 12.7. The Hall–Kier alpha value is -2.44. The average molecular weight is 481 g/mol. The summed E-state index contributed by atoms with van der Waals surface area (Å²) in [6, 6.07) is 4.38. The molecular formula is C20H24N4O6S2. The highest BCUT2D eigenvalue weighted by Gasteiger charge is 2.50. The van der Waals surface area contributed by atoms with Crippen LogP contribution in [0.25, 0.3) is 11.1 Å². The van der Waals surface area contributed by atoms with E-state index in [1.54, 1.807) is 0 Å². The van der Waals surface area contributed by atoms with Crippen LogP contribution in [-0.4, -0.2) is 72.3 Å². The smallest absolute Gasteiger partial charge is 0.257 e. The highest BCUT2D eigenvalue weighted by molar-refractivity contribution is 7.99. The molecule has 4 rings (SSSR count). The molecule has 12 heteroatoms. The van der Waals surface area contributed by atoms with Crippen LogP contribution < -0.4 is 5.32 Å². The number of piperazine rings is 1. The monoisotopic (exact) mass is 480 g/mol. The second-order valence-electron chi connectivity index (χ2n) is 8.13. The molecule has 0 radical (unpaired) electrons. The van der Waals surface area contributed by atoms with Crippen molar-refractivity contribution < 1.29 is 27.2 Å². The number of hydrogen-bond donors (Lipinski definition) is 1. The zero-order valence-electron chi connectivity index (χ0n) is 17.8. The summed E-state index contributed by atoms with van der Waals surface area (Å²) in [5.74, 6) is -1.28. The molecule has 0 unspecified atom stereocenters. The van der Waals surface area contributed by atoms with Gasteiger partial charge in [0.1, 0.15) is 17.6 Å². The average Bonchev–Trinajstić information content (AvgIpc) is 3.17. The summed E-state index contributed by atoms with van der Waals surface area (Å²) in [5, 5.41) is 2.59. The summed E-state index contributed by atoms with van der Waals surface area (Å²) in [6.07, 6.45) is 3.71. The normalized spacial score (nSPS) is 19.0. The van der Waals surface area contributed by atoms with Crippen molar-refractivity contribution in [2.24, 2.45) is 0 Å². The van der Waals surface area contributed by atoms with Gasteiger partial charge in [-0.1, -0.05) is 31.0 Å². The first-order valence-electron chi connectivity index (χ1n) is 10.2. The minimum Gasteiger partial charge on any atom is -0.431 e. The van der Waals surface area contributed by atoms with Gasteiger partial charge in [-0.15, -0.1) is 0 Å². The number of aromatic nitrogens is 1. The van der Waals surface area contributed by atoms with Gasteiger partial charge in [-0.2, -0.15) is 0 Å². The molecule has 172 valence electrons. The van der Waals surface area contributed by atoms with E-state index in [0.29, 0.717) is 23.9 Å². The molecule has 0 atom stereocenters. The van der Waals surface area contributed by atoms with E-state index in [0.717, 1.165) is 35.3 Å². The zero-order chi connectivity index (χ0) is 23.1. The summed E-state index contributed by atoms with van der Waals surface area (Å²) >= 11 is 1.05. The largest absolute Gasteiger partial charge is 0.431 e. The van der Waals surface area contributed by atoms with Gasteiger partial charge in [-0.05, 0) is 31.0 Å². The number of amides is 3. The molecule has 10 nitrogen and oxygen atoms in total. The third-order valence-electron chi connectivity index (χ3n) is 5.91. The lowest BCUT2D eigenvalue weighted by Gasteiger charge is -2.47. The number of hydrogen-bond acceptors (Lipinski definition) is 8. The second kappa shape index (κ2) is 8.49. The van der Waals surface area contributed by atoms with Gasteiger partial charge in [-0.3, -0.25) is 19.7 Å². The first kappa shape index (κ1) is 22.7. The Labute approximate surface area is 189 Å². The summed E-state index contributed by atoms with van der Waals surface area (Å²) < 4.78 is 31.4. The van der Waals surface area contributed by atoms with Gasteiger partial charge in [0.25, 0.3) is 11.1 Å². The topological polar surface area (TPSA) is 130 Å². The molecule has 1 saturated carbocycles. The van der Waals surface area contributed by atoms with E-state index in [1.807, 2.05) is 0 Å². The predicted molar refractivity (Wildman–Crippen MR) is 116 cm³/mol. The highest BCUT2D eigenvalue weighted by atomic mass is 32.2. The molecule has 2 heterocycles. The Balaban J connectivity index is 1.51. The van der Waals surface area contributed by atoms with E-state index in [9.17, 15) is 22.8 Å². The fraction of sp³-hybridized carbons (Fsp3) is 0.500. The van der Waals surface area contributed by atoms with Gasteiger partial charge in [-0.25, -0.2) is 17.7 Å². The molecule has 32 heavy (non-hydrogen) atoms. The Bertz CT molecular complexity index is 1180. The molecule has 1 spiro atoms. The maximum Gasteiger partial charge on any atom is 0.257 e. The van der Waals surface area contributed by atoms with Crippen LogP contribution in [0, 0.1) is 0 Å². The van der Waals surface area contributed by atoms with Crippen molar-refractivity contribution in [2.45, 2.75) is 47.8 Å². The van der Waals surface area contributed by atoms with Gasteiger partial charge < -0.3 is 9.32 Å². The van der Waals surface area contributed by atoms with Gasteiger partial charge in [0, 0.05) is 14.1 Å². The van der Waals surface area contributed by atoms with Crippen molar-refractivity contribution in [1.82, 2.24) is 19.5 Å². The number of benzene rings is 1. The van der Waals surface area contributed by atoms with Gasteiger partial charge in [0.15, 0.2) is 5.58 Å². The predicted octanol–water partition coefficient (Wildman–Crippen LogP) is 1.36. The molecule has 1 aliphatic carbocycles. The van der Waals surface area contributed by atoms with E-state index in [2.05, 4.69) is 10.3 Å². The van der Waals surface area contributed by atoms with E-state index in [-0.39, 0.29) is 28.3 Å². The van der Waals surface area contributed by atoms with Crippen LogP contribution >= 0.6 is 11.8 Å². The maximum atomic E-state index is 13.0. The fourth-order valence-corrected chi connectivity index (χ4v) is 5.82. The van der Waals surface area contributed by atoms with E-state index in [1.165, 1.54) is 37.2 Å².